The van der Waals surface area contributed by atoms with Gasteiger partial charge in [0.25, 0.3) is 0 Å². The molecule has 0 saturated carbocycles. The quantitative estimate of drug-likeness (QED) is 0.916. The second kappa shape index (κ2) is 6.78. The predicted octanol–water partition coefficient (Wildman–Crippen LogP) is 2.99. The van der Waals surface area contributed by atoms with E-state index in [0.717, 1.165) is 16.9 Å². The molecule has 2 aromatic carbocycles. The van der Waals surface area contributed by atoms with E-state index in [4.69, 9.17) is 14.7 Å². The fourth-order valence-electron chi connectivity index (χ4n) is 1.99. The monoisotopic (exact) mass is 283 g/mol. The van der Waals surface area contributed by atoms with E-state index in [1.54, 1.807) is 37.4 Å². The number of aryl methyl sites for hydroxylation is 1. The molecule has 0 aliphatic carbocycles. The summed E-state index contributed by atoms with van der Waals surface area (Å²) in [6.07, 6.45) is -0.736. The van der Waals surface area contributed by atoms with E-state index in [1.165, 1.54) is 0 Å². The van der Waals surface area contributed by atoms with E-state index in [1.807, 2.05) is 25.1 Å². The Morgan fingerprint density at radius 1 is 1.19 bits per heavy atom. The van der Waals surface area contributed by atoms with Crippen molar-refractivity contribution in [3.05, 3.63) is 59.2 Å². The largest absolute Gasteiger partial charge is 0.496 e. The van der Waals surface area contributed by atoms with Gasteiger partial charge in [-0.25, -0.2) is 0 Å². The molecule has 4 nitrogen and oxygen atoms in total. The van der Waals surface area contributed by atoms with Crippen LogP contribution in [0.4, 0.5) is 0 Å². The van der Waals surface area contributed by atoms with Crippen LogP contribution in [0.2, 0.25) is 0 Å². The number of nitrogens with zero attached hydrogens (tertiary/aromatic N) is 1. The minimum absolute atomic E-state index is 0.150. The van der Waals surface area contributed by atoms with E-state index in [2.05, 4.69) is 0 Å². The SMILES string of the molecule is COc1ccc(OCC(O)c2ccc(C#N)cc2)cc1C. The van der Waals surface area contributed by atoms with E-state index in [0.29, 0.717) is 11.3 Å². The molecule has 0 aromatic heterocycles. The molecular weight excluding hydrogens is 266 g/mol. The van der Waals surface area contributed by atoms with Crippen molar-refractivity contribution in [1.82, 2.24) is 0 Å². The van der Waals surface area contributed by atoms with Crippen molar-refractivity contribution < 1.29 is 14.6 Å². The first kappa shape index (κ1) is 14.9. The number of aliphatic hydroxyl groups is 1. The predicted molar refractivity (Wildman–Crippen MR) is 79.3 cm³/mol. The molecular formula is C17H17NO3. The summed E-state index contributed by atoms with van der Waals surface area (Å²) >= 11 is 0. The summed E-state index contributed by atoms with van der Waals surface area (Å²) in [4.78, 5) is 0. The highest BCUT2D eigenvalue weighted by molar-refractivity contribution is 5.39. The Balaban J connectivity index is 1.98. The van der Waals surface area contributed by atoms with Gasteiger partial charge in [-0.05, 0) is 48.4 Å². The smallest absolute Gasteiger partial charge is 0.122 e. The molecule has 1 N–H and O–H groups in total. The fraction of sp³-hybridized carbons (Fsp3) is 0.235. The lowest BCUT2D eigenvalue weighted by molar-refractivity contribution is 0.108. The first-order valence-corrected chi connectivity index (χ1v) is 6.59. The average molecular weight is 283 g/mol. The number of benzene rings is 2. The zero-order valence-corrected chi connectivity index (χ0v) is 12.0. The van der Waals surface area contributed by atoms with Gasteiger partial charge < -0.3 is 14.6 Å². The molecule has 108 valence electrons. The molecule has 0 aliphatic heterocycles. The zero-order valence-electron chi connectivity index (χ0n) is 12.0. The molecule has 2 rings (SSSR count). The van der Waals surface area contributed by atoms with Crippen LogP contribution in [0.15, 0.2) is 42.5 Å². The minimum atomic E-state index is -0.736. The van der Waals surface area contributed by atoms with Gasteiger partial charge in [0, 0.05) is 0 Å². The summed E-state index contributed by atoms with van der Waals surface area (Å²) in [5.74, 6) is 1.48. The van der Waals surface area contributed by atoms with Crippen LogP contribution in [0.25, 0.3) is 0 Å². The minimum Gasteiger partial charge on any atom is -0.496 e. The molecule has 1 unspecified atom stereocenters. The Labute approximate surface area is 124 Å². The van der Waals surface area contributed by atoms with Crippen molar-refractivity contribution in [3.63, 3.8) is 0 Å². The number of rotatable bonds is 5. The number of nitriles is 1. The standard InChI is InChI=1S/C17H17NO3/c1-12-9-15(7-8-17(12)20-2)21-11-16(19)14-5-3-13(10-18)4-6-14/h3-9,16,19H,11H2,1-2H3. The molecule has 1 atom stereocenters. The first-order valence-electron chi connectivity index (χ1n) is 6.59. The molecule has 2 aromatic rings. The lowest BCUT2D eigenvalue weighted by Crippen LogP contribution is -2.09. The van der Waals surface area contributed by atoms with Gasteiger partial charge in [0.05, 0.1) is 18.7 Å². The normalized spacial score (nSPS) is 11.5. The molecule has 0 radical (unpaired) electrons. The van der Waals surface area contributed by atoms with Gasteiger partial charge in [-0.2, -0.15) is 5.26 Å². The highest BCUT2D eigenvalue weighted by Crippen LogP contribution is 2.24. The van der Waals surface area contributed by atoms with Crippen LogP contribution in [0.1, 0.15) is 22.8 Å². The van der Waals surface area contributed by atoms with Gasteiger partial charge in [0.2, 0.25) is 0 Å². The van der Waals surface area contributed by atoms with E-state index in [-0.39, 0.29) is 6.61 Å². The Hall–Kier alpha value is -2.51. The van der Waals surface area contributed by atoms with Gasteiger partial charge in [-0.15, -0.1) is 0 Å². The molecule has 0 saturated heterocycles. The molecule has 0 amide bonds. The molecule has 0 spiro atoms. The van der Waals surface area contributed by atoms with E-state index < -0.39 is 6.10 Å². The Morgan fingerprint density at radius 3 is 2.48 bits per heavy atom. The summed E-state index contributed by atoms with van der Waals surface area (Å²) in [7, 11) is 1.62. The molecule has 0 fully saturated rings. The van der Waals surface area contributed by atoms with Crippen LogP contribution in [0.3, 0.4) is 0 Å². The van der Waals surface area contributed by atoms with Crippen LogP contribution in [0.5, 0.6) is 11.5 Å². The van der Waals surface area contributed by atoms with Crippen molar-refractivity contribution in [2.75, 3.05) is 13.7 Å². The number of aliphatic hydroxyl groups excluding tert-OH is 1. The van der Waals surface area contributed by atoms with Crippen molar-refractivity contribution >= 4 is 0 Å². The highest BCUT2D eigenvalue weighted by atomic mass is 16.5. The highest BCUT2D eigenvalue weighted by Gasteiger charge is 2.09. The third-order valence-electron chi connectivity index (χ3n) is 3.20. The Morgan fingerprint density at radius 2 is 1.90 bits per heavy atom. The number of hydrogen-bond acceptors (Lipinski definition) is 4. The third-order valence-corrected chi connectivity index (χ3v) is 3.20. The first-order chi connectivity index (χ1) is 10.1. The summed E-state index contributed by atoms with van der Waals surface area (Å²) in [5, 5.41) is 18.8. The van der Waals surface area contributed by atoms with Gasteiger partial charge in [0.1, 0.15) is 24.2 Å². The maximum atomic E-state index is 10.1. The summed E-state index contributed by atoms with van der Waals surface area (Å²) in [5.41, 5.74) is 2.26. The van der Waals surface area contributed by atoms with Gasteiger partial charge in [-0.1, -0.05) is 12.1 Å². The second-order valence-corrected chi connectivity index (χ2v) is 4.69. The summed E-state index contributed by atoms with van der Waals surface area (Å²) < 4.78 is 10.8. The molecule has 0 bridgehead atoms. The van der Waals surface area contributed by atoms with Gasteiger partial charge in [0.15, 0.2) is 0 Å². The van der Waals surface area contributed by atoms with Crippen molar-refractivity contribution in [1.29, 1.82) is 5.26 Å². The topological polar surface area (TPSA) is 62.5 Å². The van der Waals surface area contributed by atoms with E-state index in [9.17, 15) is 5.11 Å². The van der Waals surface area contributed by atoms with E-state index >= 15 is 0 Å². The van der Waals surface area contributed by atoms with Crippen LogP contribution in [-0.4, -0.2) is 18.8 Å². The van der Waals surface area contributed by atoms with Gasteiger partial charge >= 0.3 is 0 Å². The molecule has 0 aliphatic rings. The fourth-order valence-corrected chi connectivity index (χ4v) is 1.99. The lowest BCUT2D eigenvalue weighted by Gasteiger charge is -2.14. The summed E-state index contributed by atoms with van der Waals surface area (Å²) in [6.45, 7) is 2.08. The Bertz CT molecular complexity index is 644. The van der Waals surface area contributed by atoms with Crippen LogP contribution >= 0.6 is 0 Å². The average Bonchev–Trinajstić information content (AvgIpc) is 2.52. The molecule has 0 heterocycles. The van der Waals surface area contributed by atoms with Gasteiger partial charge in [-0.3, -0.25) is 0 Å². The number of methoxy groups -OCH3 is 1. The van der Waals surface area contributed by atoms with Crippen molar-refractivity contribution in [3.8, 4) is 17.6 Å². The third kappa shape index (κ3) is 3.74. The number of ether oxygens (including phenoxy) is 2. The maximum Gasteiger partial charge on any atom is 0.122 e. The van der Waals surface area contributed by atoms with Crippen molar-refractivity contribution in [2.45, 2.75) is 13.0 Å². The van der Waals surface area contributed by atoms with Crippen LogP contribution < -0.4 is 9.47 Å². The Kier molecular flexibility index (Phi) is 4.81. The molecule has 4 heteroatoms. The molecule has 21 heavy (non-hydrogen) atoms. The maximum absolute atomic E-state index is 10.1. The van der Waals surface area contributed by atoms with Crippen LogP contribution in [-0.2, 0) is 0 Å². The van der Waals surface area contributed by atoms with Crippen LogP contribution in [0, 0.1) is 18.3 Å². The summed E-state index contributed by atoms with van der Waals surface area (Å²) in [6, 6.07) is 14.4. The lowest BCUT2D eigenvalue weighted by atomic mass is 10.1. The zero-order chi connectivity index (χ0) is 15.2. The second-order valence-electron chi connectivity index (χ2n) is 4.69. The van der Waals surface area contributed by atoms with Crippen molar-refractivity contribution in [2.24, 2.45) is 0 Å². The number of hydrogen-bond donors (Lipinski definition) is 1.